The van der Waals surface area contributed by atoms with E-state index in [0.717, 1.165) is 35.1 Å². The second kappa shape index (κ2) is 10.1. The van der Waals surface area contributed by atoms with Gasteiger partial charge in [0, 0.05) is 12.5 Å². The lowest BCUT2D eigenvalue weighted by atomic mass is 9.87. The maximum atomic E-state index is 13.6. The molecule has 3 unspecified atom stereocenters. The minimum atomic E-state index is -1.25. The summed E-state index contributed by atoms with van der Waals surface area (Å²) >= 11 is 0. The fourth-order valence-corrected chi connectivity index (χ4v) is 5.69. The molecular formula is C28H34N2O5. The molecule has 2 N–H and O–H groups in total. The third-order valence-electron chi connectivity index (χ3n) is 7.39. The standard InChI is InChI=1S/C28H34N2O5/c1-4-15-28(3,26(33)30-16-9-10-18(2)24(30)25(31)32)29-27(34)35-17-23-21-13-7-5-11-19(21)20-12-6-8-14-22(20)23/h5-8,11-14,18,23-24H,4,9-10,15-17H2,1-3H3,(H,29,34)(H,31,32). The summed E-state index contributed by atoms with van der Waals surface area (Å²) < 4.78 is 5.68. The van der Waals surface area contributed by atoms with Crippen molar-refractivity contribution < 1.29 is 24.2 Å². The SMILES string of the molecule is CCCC(C)(NC(=O)OCC1c2ccccc2-c2ccccc21)C(=O)N1CCCC(C)C1C(=O)O. The molecule has 1 aliphatic carbocycles. The lowest BCUT2D eigenvalue weighted by Crippen LogP contribution is -2.63. The van der Waals surface area contributed by atoms with E-state index in [1.165, 1.54) is 4.90 Å². The lowest BCUT2D eigenvalue weighted by Gasteiger charge is -2.42. The Labute approximate surface area is 206 Å². The van der Waals surface area contributed by atoms with Crippen LogP contribution in [0.15, 0.2) is 48.5 Å². The number of rotatable bonds is 7. The number of amides is 2. The third kappa shape index (κ3) is 4.77. The van der Waals surface area contributed by atoms with Crippen molar-refractivity contribution in [1.82, 2.24) is 10.2 Å². The van der Waals surface area contributed by atoms with Crippen LogP contribution in [-0.4, -0.2) is 52.7 Å². The molecule has 0 saturated carbocycles. The van der Waals surface area contributed by atoms with Gasteiger partial charge in [-0.25, -0.2) is 9.59 Å². The summed E-state index contributed by atoms with van der Waals surface area (Å²) in [5, 5.41) is 12.6. The molecule has 0 aromatic heterocycles. The molecule has 2 aliphatic rings. The van der Waals surface area contributed by atoms with Crippen molar-refractivity contribution >= 4 is 18.0 Å². The van der Waals surface area contributed by atoms with Crippen molar-refractivity contribution in [1.29, 1.82) is 0 Å². The molecule has 186 valence electrons. The summed E-state index contributed by atoms with van der Waals surface area (Å²) in [5.74, 6) is -1.61. The number of fused-ring (bicyclic) bond motifs is 3. The topological polar surface area (TPSA) is 95.9 Å². The molecule has 7 nitrogen and oxygen atoms in total. The Kier molecular flexibility index (Phi) is 7.15. The average molecular weight is 479 g/mol. The Balaban J connectivity index is 1.49. The van der Waals surface area contributed by atoms with Crippen LogP contribution in [0.5, 0.6) is 0 Å². The number of carboxylic acid groups (broad SMARTS) is 1. The fraction of sp³-hybridized carbons (Fsp3) is 0.464. The van der Waals surface area contributed by atoms with E-state index in [9.17, 15) is 19.5 Å². The van der Waals surface area contributed by atoms with Crippen LogP contribution in [-0.2, 0) is 14.3 Å². The second-order valence-corrected chi connectivity index (χ2v) is 9.93. The Bertz CT molecular complexity index is 1070. The first-order chi connectivity index (χ1) is 16.8. The van der Waals surface area contributed by atoms with Crippen LogP contribution < -0.4 is 5.32 Å². The summed E-state index contributed by atoms with van der Waals surface area (Å²) in [7, 11) is 0. The number of carboxylic acids is 1. The van der Waals surface area contributed by atoms with Crippen molar-refractivity contribution in [3.8, 4) is 11.1 Å². The number of carbonyl (C=O) groups is 3. The maximum Gasteiger partial charge on any atom is 0.408 e. The molecule has 3 atom stereocenters. The maximum absolute atomic E-state index is 13.6. The van der Waals surface area contributed by atoms with Gasteiger partial charge < -0.3 is 20.1 Å². The molecule has 2 amide bonds. The number of nitrogens with one attached hydrogen (secondary N) is 1. The summed E-state index contributed by atoms with van der Waals surface area (Å²) in [4.78, 5) is 39.9. The number of hydrogen-bond acceptors (Lipinski definition) is 4. The van der Waals surface area contributed by atoms with E-state index in [-0.39, 0.29) is 24.3 Å². The predicted octanol–water partition coefficient (Wildman–Crippen LogP) is 4.80. The number of ether oxygens (including phenoxy) is 1. The van der Waals surface area contributed by atoms with Crippen molar-refractivity contribution in [2.75, 3.05) is 13.2 Å². The first-order valence-electron chi connectivity index (χ1n) is 12.4. The third-order valence-corrected chi connectivity index (χ3v) is 7.39. The van der Waals surface area contributed by atoms with E-state index in [2.05, 4.69) is 29.6 Å². The van der Waals surface area contributed by atoms with E-state index in [0.29, 0.717) is 19.4 Å². The first kappa shape index (κ1) is 24.8. The quantitative estimate of drug-likeness (QED) is 0.596. The Hall–Kier alpha value is -3.35. The van der Waals surface area contributed by atoms with E-state index >= 15 is 0 Å². The monoisotopic (exact) mass is 478 g/mol. The van der Waals surface area contributed by atoms with E-state index in [1.807, 2.05) is 38.1 Å². The van der Waals surface area contributed by atoms with Gasteiger partial charge in [-0.2, -0.15) is 0 Å². The van der Waals surface area contributed by atoms with Gasteiger partial charge in [0.15, 0.2) is 0 Å². The molecule has 7 heteroatoms. The van der Waals surface area contributed by atoms with Crippen LogP contribution in [0.1, 0.15) is 63.5 Å². The van der Waals surface area contributed by atoms with E-state index in [4.69, 9.17) is 4.74 Å². The van der Waals surface area contributed by atoms with Gasteiger partial charge in [0.2, 0.25) is 5.91 Å². The molecule has 35 heavy (non-hydrogen) atoms. The molecule has 0 bridgehead atoms. The highest BCUT2D eigenvalue weighted by atomic mass is 16.5. The van der Waals surface area contributed by atoms with Crippen LogP contribution in [0.4, 0.5) is 4.79 Å². The van der Waals surface area contributed by atoms with Crippen molar-refractivity contribution in [2.45, 2.75) is 64.0 Å². The highest BCUT2D eigenvalue weighted by Gasteiger charge is 2.45. The van der Waals surface area contributed by atoms with Crippen LogP contribution in [0, 0.1) is 5.92 Å². The summed E-state index contributed by atoms with van der Waals surface area (Å²) in [5.41, 5.74) is 3.26. The fourth-order valence-electron chi connectivity index (χ4n) is 5.69. The van der Waals surface area contributed by atoms with Gasteiger partial charge in [-0.1, -0.05) is 68.8 Å². The molecule has 1 heterocycles. The summed E-state index contributed by atoms with van der Waals surface area (Å²) in [6, 6.07) is 15.3. The zero-order valence-corrected chi connectivity index (χ0v) is 20.6. The molecule has 2 aromatic rings. The molecule has 0 radical (unpaired) electrons. The van der Waals surface area contributed by atoms with Gasteiger partial charge in [-0.3, -0.25) is 4.79 Å². The van der Waals surface area contributed by atoms with Crippen LogP contribution >= 0.6 is 0 Å². The molecule has 1 saturated heterocycles. The van der Waals surface area contributed by atoms with Gasteiger partial charge in [0.25, 0.3) is 0 Å². The van der Waals surface area contributed by atoms with E-state index in [1.54, 1.807) is 6.92 Å². The predicted molar refractivity (Wildman–Crippen MR) is 133 cm³/mol. The minimum absolute atomic E-state index is 0.0828. The average Bonchev–Trinajstić information content (AvgIpc) is 3.15. The minimum Gasteiger partial charge on any atom is -0.480 e. The zero-order valence-electron chi connectivity index (χ0n) is 20.6. The number of alkyl carbamates (subject to hydrolysis) is 1. The highest BCUT2D eigenvalue weighted by molar-refractivity contribution is 5.92. The van der Waals surface area contributed by atoms with Crippen LogP contribution in [0.2, 0.25) is 0 Å². The van der Waals surface area contributed by atoms with Gasteiger partial charge in [0.1, 0.15) is 18.2 Å². The second-order valence-electron chi connectivity index (χ2n) is 9.93. The number of piperidine rings is 1. The van der Waals surface area contributed by atoms with Crippen LogP contribution in [0.3, 0.4) is 0 Å². The molecule has 1 aliphatic heterocycles. The normalized spacial score (nSPS) is 20.9. The van der Waals surface area contributed by atoms with Crippen LogP contribution in [0.25, 0.3) is 11.1 Å². The lowest BCUT2D eigenvalue weighted by molar-refractivity contribution is -0.157. The van der Waals surface area contributed by atoms with Crippen molar-refractivity contribution in [3.63, 3.8) is 0 Å². The number of carbonyl (C=O) groups excluding carboxylic acids is 2. The smallest absolute Gasteiger partial charge is 0.408 e. The van der Waals surface area contributed by atoms with Crippen molar-refractivity contribution in [2.24, 2.45) is 5.92 Å². The molecular weight excluding hydrogens is 444 g/mol. The van der Waals surface area contributed by atoms with Gasteiger partial charge in [-0.15, -0.1) is 0 Å². The van der Waals surface area contributed by atoms with E-state index < -0.39 is 23.6 Å². The largest absolute Gasteiger partial charge is 0.480 e. The molecule has 4 rings (SSSR count). The van der Waals surface area contributed by atoms with Gasteiger partial charge in [0.05, 0.1) is 0 Å². The first-order valence-corrected chi connectivity index (χ1v) is 12.4. The Morgan fingerprint density at radius 3 is 2.26 bits per heavy atom. The molecule has 0 spiro atoms. The number of likely N-dealkylation sites (tertiary alicyclic amines) is 1. The Morgan fingerprint density at radius 2 is 1.69 bits per heavy atom. The number of hydrogen-bond donors (Lipinski definition) is 2. The summed E-state index contributed by atoms with van der Waals surface area (Å²) in [6.07, 6.45) is 1.85. The zero-order chi connectivity index (χ0) is 25.2. The number of benzene rings is 2. The summed E-state index contributed by atoms with van der Waals surface area (Å²) in [6.45, 7) is 5.96. The number of aliphatic carboxylic acids is 1. The molecule has 1 fully saturated rings. The van der Waals surface area contributed by atoms with Gasteiger partial charge >= 0.3 is 12.1 Å². The molecule has 2 aromatic carbocycles. The number of nitrogens with zero attached hydrogens (tertiary/aromatic N) is 1. The Morgan fingerprint density at radius 1 is 1.09 bits per heavy atom. The van der Waals surface area contributed by atoms with Crippen molar-refractivity contribution in [3.05, 3.63) is 59.7 Å². The highest BCUT2D eigenvalue weighted by Crippen LogP contribution is 2.44. The van der Waals surface area contributed by atoms with Gasteiger partial charge in [-0.05, 0) is 54.4 Å².